The van der Waals surface area contributed by atoms with Gasteiger partial charge in [-0.2, -0.15) is 13.2 Å². The van der Waals surface area contributed by atoms with Crippen LogP contribution in [0.4, 0.5) is 13.2 Å². The molecule has 6 nitrogen and oxygen atoms in total. The van der Waals surface area contributed by atoms with Gasteiger partial charge in [0.25, 0.3) is 0 Å². The van der Waals surface area contributed by atoms with Crippen molar-refractivity contribution < 1.29 is 41.0 Å². The molecule has 0 atom stereocenters. The van der Waals surface area contributed by atoms with Crippen molar-refractivity contribution in [2.45, 2.75) is 13.1 Å². The summed E-state index contributed by atoms with van der Waals surface area (Å²) in [7, 11) is 3.88. The lowest BCUT2D eigenvalue weighted by Crippen LogP contribution is -2.82. The van der Waals surface area contributed by atoms with Crippen molar-refractivity contribution in [2.75, 3.05) is 33.7 Å². The fourth-order valence-corrected chi connectivity index (χ4v) is 5.00. The Balaban J connectivity index is 1.73. The predicted molar refractivity (Wildman–Crippen MR) is 123 cm³/mol. The number of carbonyl (C=O) groups excluding carboxylic acids is 1. The number of alkyl halides is 3. The Morgan fingerprint density at radius 1 is 0.971 bits per heavy atom. The van der Waals surface area contributed by atoms with Gasteiger partial charge in [-0.15, -0.1) is 0 Å². The number of quaternary nitrogens is 1. The fraction of sp³-hybridized carbons (Fsp3) is 0.280. The average molecular weight is 485 g/mol. The highest BCUT2D eigenvalue weighted by Gasteiger charge is 2.60. The lowest BCUT2D eigenvalue weighted by Gasteiger charge is -2.47. The summed E-state index contributed by atoms with van der Waals surface area (Å²) in [5.41, 5.74) is 1.15. The van der Waals surface area contributed by atoms with Gasteiger partial charge < -0.3 is 23.0 Å². The second-order valence-electron chi connectivity index (χ2n) is 9.62. The minimum absolute atomic E-state index is 0.194. The molecule has 182 valence electrons. The Morgan fingerprint density at radius 2 is 1.49 bits per heavy atom. The van der Waals surface area contributed by atoms with Crippen LogP contribution in [-0.2, 0) is 15.7 Å². The van der Waals surface area contributed by atoms with Crippen molar-refractivity contribution >= 4 is 12.7 Å². The van der Waals surface area contributed by atoms with Gasteiger partial charge in [0.05, 0.1) is 42.3 Å². The molecule has 2 aliphatic rings. The third-order valence-electron chi connectivity index (χ3n) is 6.50. The van der Waals surface area contributed by atoms with Crippen molar-refractivity contribution in [3.8, 4) is 34.0 Å². The zero-order valence-electron chi connectivity index (χ0n) is 19.6. The Kier molecular flexibility index (Phi) is 5.32. The molecule has 0 amide bonds. The number of halogens is 3. The molecule has 0 spiro atoms. The molecule has 10 heteroatoms. The van der Waals surface area contributed by atoms with E-state index in [9.17, 15) is 18.0 Å². The normalized spacial score (nSPS) is 15.1. The van der Waals surface area contributed by atoms with E-state index in [1.807, 2.05) is 14.1 Å². The maximum atomic E-state index is 14.0. The first-order chi connectivity index (χ1) is 16.5. The summed E-state index contributed by atoms with van der Waals surface area (Å²) in [5.74, 6) is 0.537. The highest BCUT2D eigenvalue weighted by atomic mass is 19.4. The maximum Gasteiger partial charge on any atom is 0.706 e. The molecule has 0 unspecified atom stereocenters. The van der Waals surface area contributed by atoms with E-state index in [0.29, 0.717) is 51.5 Å². The van der Waals surface area contributed by atoms with E-state index in [1.165, 1.54) is 6.92 Å². The highest BCUT2D eigenvalue weighted by molar-refractivity contribution is 6.61. The number of pyridine rings is 1. The number of hydrogen-bond acceptors (Lipinski definition) is 4. The van der Waals surface area contributed by atoms with E-state index < -0.39 is 18.4 Å². The summed E-state index contributed by atoms with van der Waals surface area (Å²) in [6.45, 7) is -0.351. The first-order valence-electron chi connectivity index (χ1n) is 11.3. The molecule has 0 bridgehead atoms. The van der Waals surface area contributed by atoms with Gasteiger partial charge in [0.2, 0.25) is 0 Å². The summed E-state index contributed by atoms with van der Waals surface area (Å²) in [5, 5.41) is 0. The number of hydrogen-bond donors (Lipinski definition) is 0. The van der Waals surface area contributed by atoms with Crippen molar-refractivity contribution in [3.05, 3.63) is 66.2 Å². The van der Waals surface area contributed by atoms with Crippen molar-refractivity contribution in [3.63, 3.8) is 0 Å². The fourth-order valence-electron chi connectivity index (χ4n) is 5.00. The van der Waals surface area contributed by atoms with Crippen LogP contribution >= 0.6 is 0 Å². The molecule has 5 rings (SSSR count). The molecule has 2 aliphatic heterocycles. The van der Waals surface area contributed by atoms with Crippen LogP contribution in [0.15, 0.2) is 60.7 Å². The number of benzene rings is 2. The highest BCUT2D eigenvalue weighted by Crippen LogP contribution is 2.44. The monoisotopic (exact) mass is 485 g/mol. The van der Waals surface area contributed by atoms with Crippen LogP contribution < -0.4 is 13.8 Å². The minimum atomic E-state index is -4.53. The lowest BCUT2D eigenvalue weighted by molar-refractivity contribution is -0.886. The molecular formula is C25H25BF3N2O4+. The van der Waals surface area contributed by atoms with Crippen LogP contribution in [0.2, 0.25) is 0 Å². The lowest BCUT2D eigenvalue weighted by atomic mass is 9.65. The molecule has 0 aliphatic carbocycles. The molecule has 3 heterocycles. The van der Waals surface area contributed by atoms with Crippen LogP contribution in [-0.4, -0.2) is 50.8 Å². The minimum Gasteiger partial charge on any atom is -0.619 e. The zero-order chi connectivity index (χ0) is 25.0. The van der Waals surface area contributed by atoms with E-state index in [0.717, 1.165) is 12.1 Å². The summed E-state index contributed by atoms with van der Waals surface area (Å²) in [6.07, 6.45) is -4.23. The van der Waals surface area contributed by atoms with Gasteiger partial charge in [-0.05, 0) is 24.3 Å². The third kappa shape index (κ3) is 4.12. The first-order valence-corrected chi connectivity index (χ1v) is 11.3. The quantitative estimate of drug-likeness (QED) is 0.311. The molecular weight excluding hydrogens is 460 g/mol. The number of ether oxygens (including phenoxy) is 1. The van der Waals surface area contributed by atoms with Gasteiger partial charge in [0.15, 0.2) is 11.4 Å². The number of esters is 1. The zero-order valence-corrected chi connectivity index (χ0v) is 19.6. The van der Waals surface area contributed by atoms with Gasteiger partial charge in [-0.1, -0.05) is 24.3 Å². The van der Waals surface area contributed by atoms with Crippen LogP contribution in [0.1, 0.15) is 12.5 Å². The molecule has 2 aromatic carbocycles. The molecule has 0 N–H and O–H groups in total. The molecule has 1 aromatic heterocycles. The van der Waals surface area contributed by atoms with Crippen LogP contribution in [0.5, 0.6) is 11.5 Å². The summed E-state index contributed by atoms with van der Waals surface area (Å²) < 4.78 is 62.4. The molecule has 0 saturated heterocycles. The third-order valence-corrected chi connectivity index (χ3v) is 6.50. The average Bonchev–Trinajstić information content (AvgIpc) is 2.77. The van der Waals surface area contributed by atoms with E-state index in [2.05, 4.69) is 0 Å². The van der Waals surface area contributed by atoms with Gasteiger partial charge in [-0.25, -0.2) is 0 Å². The molecule has 35 heavy (non-hydrogen) atoms. The van der Waals surface area contributed by atoms with Gasteiger partial charge in [-0.3, -0.25) is 4.79 Å². The largest absolute Gasteiger partial charge is 0.706 e. The van der Waals surface area contributed by atoms with Crippen LogP contribution in [0, 0.1) is 0 Å². The van der Waals surface area contributed by atoms with Crippen LogP contribution in [0.25, 0.3) is 22.5 Å². The Labute approximate surface area is 201 Å². The predicted octanol–water partition coefficient (Wildman–Crippen LogP) is 4.08. The standard InChI is InChI=1S/C25H25BF3N2O4/c1-17(32)33-13-12-31(2,3)16-26-30-21(19-8-4-6-10-23(19)34-26)14-18(25(27,28)29)15-22(30)20-9-5-7-11-24(20)35-26/h4-11,14-15H,12-13,16H2,1-3H3/q+1. The summed E-state index contributed by atoms with van der Waals surface area (Å²) in [4.78, 5) is 11.3. The number of aromatic nitrogens is 1. The van der Waals surface area contributed by atoms with Gasteiger partial charge in [0.1, 0.15) is 19.6 Å². The van der Waals surface area contributed by atoms with Gasteiger partial charge in [0, 0.05) is 19.1 Å². The summed E-state index contributed by atoms with van der Waals surface area (Å²) >= 11 is 0. The van der Waals surface area contributed by atoms with Crippen molar-refractivity contribution in [2.24, 2.45) is 0 Å². The topological polar surface area (TPSA) is 48.6 Å². The molecule has 0 saturated carbocycles. The van der Waals surface area contributed by atoms with Crippen molar-refractivity contribution in [1.29, 1.82) is 0 Å². The number of fused-ring (bicyclic) bond motifs is 4. The van der Waals surface area contributed by atoms with E-state index in [1.54, 1.807) is 53.0 Å². The molecule has 0 radical (unpaired) electrons. The van der Waals surface area contributed by atoms with E-state index in [-0.39, 0.29) is 12.6 Å². The summed E-state index contributed by atoms with van der Waals surface area (Å²) in [6, 6.07) is 16.4. The Morgan fingerprint density at radius 3 is 1.97 bits per heavy atom. The number of carbonyl (C=O) groups is 1. The SMILES string of the molecule is CC(=O)OCC[N+](C)(C)C[B-]12Oc3ccccc3-c3cc(C(F)(F)F)cc([n+]31)-c1ccccc1O2. The smallest absolute Gasteiger partial charge is 0.619 e. The van der Waals surface area contributed by atoms with E-state index >= 15 is 0 Å². The maximum absolute atomic E-state index is 14.0. The Hall–Kier alpha value is -3.53. The van der Waals surface area contributed by atoms with E-state index in [4.69, 9.17) is 14.0 Å². The first kappa shape index (κ1) is 23.2. The second-order valence-corrected chi connectivity index (χ2v) is 9.62. The van der Waals surface area contributed by atoms with Gasteiger partial charge >= 0.3 is 18.8 Å². The molecule has 0 fully saturated rings. The number of para-hydroxylation sites is 2. The molecule has 3 aromatic rings. The number of nitrogens with zero attached hydrogens (tertiary/aromatic N) is 2. The number of rotatable bonds is 5. The Bertz CT molecular complexity index is 1260. The second kappa shape index (κ2) is 8.01. The van der Waals surface area contributed by atoms with Crippen molar-refractivity contribution in [1.82, 2.24) is 0 Å². The van der Waals surface area contributed by atoms with Crippen LogP contribution in [0.3, 0.4) is 0 Å². The number of likely N-dealkylation sites (N-methyl/N-ethyl adjacent to an activating group) is 1.